The molecule has 4 heterocycles. The summed E-state index contributed by atoms with van der Waals surface area (Å²) in [6, 6.07) is 7.61. The smallest absolute Gasteiger partial charge is 0.220 e. The molecule has 1 aliphatic rings. The van der Waals surface area contributed by atoms with E-state index in [9.17, 15) is 0 Å². The summed E-state index contributed by atoms with van der Waals surface area (Å²) in [6.07, 6.45) is 1.62. The molecule has 1 N–H and O–H groups in total. The second-order valence-electron chi connectivity index (χ2n) is 4.70. The lowest BCUT2D eigenvalue weighted by Gasteiger charge is -2.28. The summed E-state index contributed by atoms with van der Waals surface area (Å²) in [5.74, 6) is 2.23. The molecule has 3 aromatic heterocycles. The fourth-order valence-electron chi connectivity index (χ4n) is 2.40. The predicted octanol–water partition coefficient (Wildman–Crippen LogP) is 0.794. The van der Waals surface area contributed by atoms with E-state index in [1.807, 2.05) is 24.3 Å². The molecule has 0 amide bonds. The SMILES string of the molecule is c1coc(-c2nnc3ccc(N4CCNCC4)nn23)c1. The van der Waals surface area contributed by atoms with E-state index in [0.29, 0.717) is 11.6 Å². The summed E-state index contributed by atoms with van der Waals surface area (Å²) in [5.41, 5.74) is 0.718. The van der Waals surface area contributed by atoms with Gasteiger partial charge in [-0.05, 0) is 24.3 Å². The minimum absolute atomic E-state index is 0.627. The van der Waals surface area contributed by atoms with E-state index in [-0.39, 0.29) is 0 Å². The van der Waals surface area contributed by atoms with Gasteiger partial charge >= 0.3 is 0 Å². The lowest BCUT2D eigenvalue weighted by atomic mass is 10.3. The number of hydrogen-bond donors (Lipinski definition) is 1. The van der Waals surface area contributed by atoms with Gasteiger partial charge in [-0.25, -0.2) is 0 Å². The molecule has 0 bridgehead atoms. The number of nitrogens with zero attached hydrogens (tertiary/aromatic N) is 5. The molecule has 0 radical (unpaired) electrons. The van der Waals surface area contributed by atoms with Crippen molar-refractivity contribution in [1.82, 2.24) is 25.1 Å². The number of rotatable bonds is 2. The van der Waals surface area contributed by atoms with E-state index in [1.54, 1.807) is 10.8 Å². The van der Waals surface area contributed by atoms with Crippen LogP contribution in [0, 0.1) is 0 Å². The van der Waals surface area contributed by atoms with Crippen LogP contribution in [-0.2, 0) is 0 Å². The molecule has 0 saturated carbocycles. The summed E-state index contributed by atoms with van der Waals surface area (Å²) in [5, 5.41) is 16.2. The van der Waals surface area contributed by atoms with Gasteiger partial charge in [-0.3, -0.25) is 0 Å². The average Bonchev–Trinajstić information content (AvgIpc) is 3.16. The normalized spacial score (nSPS) is 15.9. The Balaban J connectivity index is 1.79. The van der Waals surface area contributed by atoms with Crippen molar-refractivity contribution in [1.29, 1.82) is 0 Å². The molecule has 1 fully saturated rings. The minimum atomic E-state index is 0.627. The molecule has 0 unspecified atom stereocenters. The Morgan fingerprint density at radius 2 is 2.00 bits per heavy atom. The summed E-state index contributed by atoms with van der Waals surface area (Å²) in [7, 11) is 0. The van der Waals surface area contributed by atoms with Crippen molar-refractivity contribution in [2.45, 2.75) is 0 Å². The van der Waals surface area contributed by atoms with Crippen molar-refractivity contribution in [3.05, 3.63) is 30.5 Å². The molecule has 0 aliphatic carbocycles. The van der Waals surface area contributed by atoms with Gasteiger partial charge in [0.2, 0.25) is 5.82 Å². The molecule has 7 nitrogen and oxygen atoms in total. The van der Waals surface area contributed by atoms with Crippen LogP contribution in [0.15, 0.2) is 34.9 Å². The van der Waals surface area contributed by atoms with Crippen LogP contribution in [0.5, 0.6) is 0 Å². The Hall–Kier alpha value is -2.41. The van der Waals surface area contributed by atoms with Gasteiger partial charge in [-0.2, -0.15) is 4.52 Å². The zero-order valence-corrected chi connectivity index (χ0v) is 10.9. The maximum Gasteiger partial charge on any atom is 0.220 e. The van der Waals surface area contributed by atoms with Crippen LogP contribution in [-0.4, -0.2) is 46.0 Å². The Morgan fingerprint density at radius 1 is 1.10 bits per heavy atom. The van der Waals surface area contributed by atoms with E-state index < -0.39 is 0 Å². The largest absolute Gasteiger partial charge is 0.461 e. The maximum absolute atomic E-state index is 5.38. The Bertz CT molecular complexity index is 714. The Kier molecular flexibility index (Phi) is 2.63. The monoisotopic (exact) mass is 270 g/mol. The van der Waals surface area contributed by atoms with Crippen LogP contribution >= 0.6 is 0 Å². The molecule has 1 saturated heterocycles. The van der Waals surface area contributed by atoms with E-state index in [1.165, 1.54) is 0 Å². The predicted molar refractivity (Wildman–Crippen MR) is 73.6 cm³/mol. The summed E-state index contributed by atoms with van der Waals surface area (Å²) in [6.45, 7) is 3.87. The van der Waals surface area contributed by atoms with Crippen LogP contribution in [0.25, 0.3) is 17.2 Å². The van der Waals surface area contributed by atoms with Crippen LogP contribution in [0.1, 0.15) is 0 Å². The summed E-state index contributed by atoms with van der Waals surface area (Å²) < 4.78 is 7.12. The van der Waals surface area contributed by atoms with Gasteiger partial charge in [0.1, 0.15) is 5.82 Å². The lowest BCUT2D eigenvalue weighted by molar-refractivity contribution is 0.571. The van der Waals surface area contributed by atoms with E-state index in [4.69, 9.17) is 4.42 Å². The highest BCUT2D eigenvalue weighted by atomic mass is 16.3. The van der Waals surface area contributed by atoms with Crippen LogP contribution in [0.2, 0.25) is 0 Å². The van der Waals surface area contributed by atoms with Crippen LogP contribution in [0.3, 0.4) is 0 Å². The second-order valence-corrected chi connectivity index (χ2v) is 4.70. The van der Waals surface area contributed by atoms with Crippen molar-refractivity contribution in [2.75, 3.05) is 31.1 Å². The number of aromatic nitrogens is 4. The molecule has 0 aromatic carbocycles. The fraction of sp³-hybridized carbons (Fsp3) is 0.308. The van der Waals surface area contributed by atoms with Gasteiger partial charge in [-0.15, -0.1) is 15.3 Å². The molecule has 7 heteroatoms. The number of nitrogens with one attached hydrogen (secondary N) is 1. The Labute approximate surface area is 115 Å². The molecule has 102 valence electrons. The van der Waals surface area contributed by atoms with Crippen LogP contribution < -0.4 is 10.2 Å². The minimum Gasteiger partial charge on any atom is -0.461 e. The van der Waals surface area contributed by atoms with Crippen molar-refractivity contribution >= 4 is 11.5 Å². The van der Waals surface area contributed by atoms with E-state index in [2.05, 4.69) is 25.5 Å². The van der Waals surface area contributed by atoms with Gasteiger partial charge in [0.05, 0.1) is 6.26 Å². The van der Waals surface area contributed by atoms with Gasteiger partial charge in [0.25, 0.3) is 0 Å². The lowest BCUT2D eigenvalue weighted by Crippen LogP contribution is -2.44. The van der Waals surface area contributed by atoms with Crippen molar-refractivity contribution < 1.29 is 4.42 Å². The molecular formula is C13H14N6O. The first kappa shape index (κ1) is 11.4. The molecule has 3 aromatic rings. The van der Waals surface area contributed by atoms with Gasteiger partial charge < -0.3 is 14.6 Å². The van der Waals surface area contributed by atoms with Crippen LogP contribution in [0.4, 0.5) is 5.82 Å². The summed E-state index contributed by atoms with van der Waals surface area (Å²) >= 11 is 0. The van der Waals surface area contributed by atoms with Crippen molar-refractivity contribution in [3.63, 3.8) is 0 Å². The zero-order chi connectivity index (χ0) is 13.4. The average molecular weight is 270 g/mol. The third kappa shape index (κ3) is 1.83. The third-order valence-electron chi connectivity index (χ3n) is 3.43. The number of fused-ring (bicyclic) bond motifs is 1. The maximum atomic E-state index is 5.38. The third-order valence-corrected chi connectivity index (χ3v) is 3.43. The molecule has 4 rings (SSSR count). The second kappa shape index (κ2) is 4.61. The van der Waals surface area contributed by atoms with E-state index in [0.717, 1.165) is 37.6 Å². The number of anilines is 1. The van der Waals surface area contributed by atoms with Gasteiger partial charge in [-0.1, -0.05) is 0 Å². The molecule has 20 heavy (non-hydrogen) atoms. The van der Waals surface area contributed by atoms with Crippen molar-refractivity contribution in [2.24, 2.45) is 0 Å². The molecular weight excluding hydrogens is 256 g/mol. The summed E-state index contributed by atoms with van der Waals surface area (Å²) in [4.78, 5) is 2.25. The topological polar surface area (TPSA) is 71.5 Å². The van der Waals surface area contributed by atoms with Gasteiger partial charge in [0, 0.05) is 26.2 Å². The zero-order valence-electron chi connectivity index (χ0n) is 10.9. The highest BCUT2D eigenvalue weighted by Gasteiger charge is 2.16. The molecule has 0 spiro atoms. The number of hydrogen-bond acceptors (Lipinski definition) is 6. The quantitative estimate of drug-likeness (QED) is 0.742. The Morgan fingerprint density at radius 3 is 2.80 bits per heavy atom. The first-order chi connectivity index (χ1) is 9.92. The highest BCUT2D eigenvalue weighted by molar-refractivity contribution is 5.54. The van der Waals surface area contributed by atoms with E-state index >= 15 is 0 Å². The van der Waals surface area contributed by atoms with Crippen molar-refractivity contribution in [3.8, 4) is 11.6 Å². The first-order valence-electron chi connectivity index (χ1n) is 6.64. The fourth-order valence-corrected chi connectivity index (χ4v) is 2.40. The standard InChI is InChI=1S/C13H14N6O/c1-2-10(20-9-1)13-16-15-11-3-4-12(17-19(11)13)18-7-5-14-6-8-18/h1-4,9,14H,5-8H2. The van der Waals surface area contributed by atoms with Gasteiger partial charge in [0.15, 0.2) is 11.4 Å². The first-order valence-corrected chi connectivity index (χ1v) is 6.64. The highest BCUT2D eigenvalue weighted by Crippen LogP contribution is 2.19. The molecule has 1 aliphatic heterocycles. The number of furan rings is 1. The molecule has 0 atom stereocenters. The number of piperazine rings is 1.